The summed E-state index contributed by atoms with van der Waals surface area (Å²) >= 11 is 0. The van der Waals surface area contributed by atoms with Gasteiger partial charge in [-0.25, -0.2) is 0 Å². The summed E-state index contributed by atoms with van der Waals surface area (Å²) in [5, 5.41) is 23.2. The zero-order valence-corrected chi connectivity index (χ0v) is 19.0. The Kier molecular flexibility index (Phi) is 5.14. The Labute approximate surface area is 189 Å². The summed E-state index contributed by atoms with van der Waals surface area (Å²) in [4.78, 5) is 25.3. The van der Waals surface area contributed by atoms with Crippen molar-refractivity contribution in [2.24, 2.45) is 28.6 Å². The number of aliphatic hydroxyl groups is 2. The smallest absolute Gasteiger partial charge is 0.202 e. The third kappa shape index (κ3) is 3.04. The van der Waals surface area contributed by atoms with Crippen molar-refractivity contribution < 1.29 is 24.5 Å². The molecule has 5 heteroatoms. The first-order valence-corrected chi connectivity index (χ1v) is 12.0. The summed E-state index contributed by atoms with van der Waals surface area (Å²) in [6, 6.07) is 9.19. The third-order valence-corrected chi connectivity index (χ3v) is 9.62. The number of para-hydroxylation sites is 1. The fourth-order valence-electron chi connectivity index (χ4n) is 7.94. The Morgan fingerprint density at radius 3 is 2.62 bits per heavy atom. The molecule has 1 aromatic rings. The van der Waals surface area contributed by atoms with E-state index >= 15 is 0 Å². The molecule has 3 saturated carbocycles. The van der Waals surface area contributed by atoms with Gasteiger partial charge >= 0.3 is 0 Å². The van der Waals surface area contributed by atoms with Crippen molar-refractivity contribution in [2.75, 3.05) is 6.61 Å². The van der Waals surface area contributed by atoms with Crippen LogP contribution in [0.3, 0.4) is 0 Å². The van der Waals surface area contributed by atoms with E-state index in [1.807, 2.05) is 31.2 Å². The van der Waals surface area contributed by atoms with E-state index in [1.165, 1.54) is 5.57 Å². The normalized spacial score (nSPS) is 43.0. The number of rotatable bonds is 4. The Balaban J connectivity index is 1.40. The molecule has 4 aliphatic carbocycles. The van der Waals surface area contributed by atoms with Crippen LogP contribution in [0.5, 0.6) is 5.75 Å². The fraction of sp³-hybridized carbons (Fsp3) is 0.630. The minimum absolute atomic E-state index is 0.0756. The summed E-state index contributed by atoms with van der Waals surface area (Å²) in [5.41, 5.74) is -1.14. The van der Waals surface area contributed by atoms with Crippen LogP contribution in [-0.2, 0) is 9.59 Å². The number of aliphatic hydroxyl groups excluding tert-OH is 1. The molecule has 172 valence electrons. The van der Waals surface area contributed by atoms with Crippen LogP contribution in [0.4, 0.5) is 0 Å². The quantitative estimate of drug-likeness (QED) is 0.746. The molecule has 2 N–H and O–H groups in total. The van der Waals surface area contributed by atoms with Crippen molar-refractivity contribution in [2.45, 2.75) is 70.5 Å². The molecule has 0 saturated heterocycles. The van der Waals surface area contributed by atoms with Crippen molar-refractivity contribution >= 4 is 11.6 Å². The number of ether oxygens (including phenoxy) is 1. The minimum atomic E-state index is -1.49. The first-order chi connectivity index (χ1) is 15.2. The van der Waals surface area contributed by atoms with Gasteiger partial charge in [0, 0.05) is 11.8 Å². The number of Topliss-reactive ketones (excluding diaryl/α,β-unsaturated/α-hetero) is 1. The first-order valence-electron chi connectivity index (χ1n) is 12.0. The average molecular weight is 439 g/mol. The summed E-state index contributed by atoms with van der Waals surface area (Å²) in [6.45, 7) is 4.05. The van der Waals surface area contributed by atoms with E-state index in [-0.39, 0.29) is 41.3 Å². The number of carbonyl (C=O) groups excluding carboxylic acids is 2. The van der Waals surface area contributed by atoms with Gasteiger partial charge in [-0.2, -0.15) is 0 Å². The van der Waals surface area contributed by atoms with Crippen LogP contribution in [-0.4, -0.2) is 40.1 Å². The molecule has 0 spiro atoms. The van der Waals surface area contributed by atoms with E-state index in [2.05, 4.69) is 6.92 Å². The fourth-order valence-corrected chi connectivity index (χ4v) is 7.94. The topological polar surface area (TPSA) is 83.8 Å². The molecular formula is C27H34O5. The summed E-state index contributed by atoms with van der Waals surface area (Å²) in [5.74, 6) is 1.02. The zero-order chi connectivity index (χ0) is 22.7. The standard InChI is InChI=1S/C27H34O5/c1-25-12-10-18(28)14-17(25)8-9-20-21-11-13-27(31,26(21,2)15-22(29)24(20)25)23(30)16-32-19-6-4-3-5-7-19/h3-7,14,20-22,24,29,31H,8-13,15-16H2,1-2H3/t20?,21?,22?,24?,25?,26?,27-/m0/s1. The molecule has 0 aliphatic heterocycles. The van der Waals surface area contributed by atoms with Gasteiger partial charge in [0.1, 0.15) is 18.0 Å². The van der Waals surface area contributed by atoms with Gasteiger partial charge in [0.15, 0.2) is 5.78 Å². The number of benzene rings is 1. The maximum atomic E-state index is 13.3. The van der Waals surface area contributed by atoms with Crippen molar-refractivity contribution in [3.05, 3.63) is 42.0 Å². The van der Waals surface area contributed by atoms with Gasteiger partial charge in [-0.1, -0.05) is 37.6 Å². The number of fused-ring (bicyclic) bond motifs is 5. The van der Waals surface area contributed by atoms with Crippen LogP contribution in [0.15, 0.2) is 42.0 Å². The maximum absolute atomic E-state index is 13.3. The highest BCUT2D eigenvalue weighted by molar-refractivity contribution is 5.92. The Morgan fingerprint density at radius 1 is 1.12 bits per heavy atom. The SMILES string of the molecule is CC12CCC(=O)C=C1CCC1C2C(O)CC2(C)C1CC[C@]2(O)C(=O)COc1ccccc1. The molecule has 5 nitrogen and oxygen atoms in total. The van der Waals surface area contributed by atoms with Crippen molar-refractivity contribution in [3.8, 4) is 5.75 Å². The van der Waals surface area contributed by atoms with Gasteiger partial charge < -0.3 is 14.9 Å². The molecule has 0 aromatic heterocycles. The summed E-state index contributed by atoms with van der Waals surface area (Å²) in [7, 11) is 0. The van der Waals surface area contributed by atoms with Crippen LogP contribution in [0.2, 0.25) is 0 Å². The van der Waals surface area contributed by atoms with E-state index in [1.54, 1.807) is 12.1 Å². The Bertz CT molecular complexity index is 954. The van der Waals surface area contributed by atoms with Crippen LogP contribution in [0.1, 0.15) is 58.8 Å². The second-order valence-electron chi connectivity index (χ2n) is 11.0. The average Bonchev–Trinajstić information content (AvgIpc) is 3.04. The largest absolute Gasteiger partial charge is 0.486 e. The van der Waals surface area contributed by atoms with E-state index in [0.717, 1.165) is 25.7 Å². The molecule has 7 atom stereocenters. The highest BCUT2D eigenvalue weighted by Gasteiger charge is 2.68. The molecule has 0 radical (unpaired) electrons. The lowest BCUT2D eigenvalue weighted by Gasteiger charge is -2.60. The van der Waals surface area contributed by atoms with Gasteiger partial charge in [0.2, 0.25) is 5.78 Å². The zero-order valence-electron chi connectivity index (χ0n) is 19.0. The van der Waals surface area contributed by atoms with Gasteiger partial charge in [-0.15, -0.1) is 0 Å². The van der Waals surface area contributed by atoms with E-state index in [0.29, 0.717) is 25.0 Å². The van der Waals surface area contributed by atoms with Crippen LogP contribution >= 0.6 is 0 Å². The number of carbonyl (C=O) groups is 2. The lowest BCUT2D eigenvalue weighted by atomic mass is 9.45. The lowest BCUT2D eigenvalue weighted by molar-refractivity contribution is -0.181. The predicted molar refractivity (Wildman–Crippen MR) is 120 cm³/mol. The number of ketones is 2. The Hall–Kier alpha value is -1.98. The highest BCUT2D eigenvalue weighted by Crippen LogP contribution is 2.67. The summed E-state index contributed by atoms with van der Waals surface area (Å²) < 4.78 is 5.69. The van der Waals surface area contributed by atoms with Crippen molar-refractivity contribution in [1.29, 1.82) is 0 Å². The highest BCUT2D eigenvalue weighted by atomic mass is 16.5. The van der Waals surface area contributed by atoms with Crippen LogP contribution in [0.25, 0.3) is 0 Å². The molecule has 5 rings (SSSR count). The lowest BCUT2D eigenvalue weighted by Crippen LogP contribution is -2.62. The van der Waals surface area contributed by atoms with E-state index in [9.17, 15) is 19.8 Å². The molecule has 3 fully saturated rings. The number of hydrogen-bond acceptors (Lipinski definition) is 5. The Morgan fingerprint density at radius 2 is 1.88 bits per heavy atom. The molecule has 4 aliphatic rings. The van der Waals surface area contributed by atoms with E-state index in [4.69, 9.17) is 4.74 Å². The first kappa shape index (κ1) is 21.8. The molecule has 1 aromatic carbocycles. The van der Waals surface area contributed by atoms with Crippen LogP contribution in [0, 0.1) is 28.6 Å². The number of allylic oxidation sites excluding steroid dienone is 1. The molecule has 0 heterocycles. The van der Waals surface area contributed by atoms with Gasteiger partial charge in [0.25, 0.3) is 0 Å². The van der Waals surface area contributed by atoms with Crippen LogP contribution < -0.4 is 4.74 Å². The molecule has 0 amide bonds. The monoisotopic (exact) mass is 438 g/mol. The second kappa shape index (κ2) is 7.53. The van der Waals surface area contributed by atoms with E-state index < -0.39 is 17.1 Å². The minimum Gasteiger partial charge on any atom is -0.486 e. The molecular weight excluding hydrogens is 404 g/mol. The van der Waals surface area contributed by atoms with Gasteiger partial charge in [0.05, 0.1) is 6.10 Å². The number of hydrogen-bond donors (Lipinski definition) is 2. The maximum Gasteiger partial charge on any atom is 0.202 e. The van der Waals surface area contributed by atoms with Crippen molar-refractivity contribution in [1.82, 2.24) is 0 Å². The predicted octanol–water partition coefficient (Wildman–Crippen LogP) is 3.87. The third-order valence-electron chi connectivity index (χ3n) is 9.62. The molecule has 6 unspecified atom stereocenters. The van der Waals surface area contributed by atoms with Gasteiger partial charge in [-0.05, 0) is 79.9 Å². The van der Waals surface area contributed by atoms with Gasteiger partial charge in [-0.3, -0.25) is 9.59 Å². The second-order valence-corrected chi connectivity index (χ2v) is 11.0. The molecule has 32 heavy (non-hydrogen) atoms. The molecule has 0 bridgehead atoms. The summed E-state index contributed by atoms with van der Waals surface area (Å²) in [6.07, 6.45) is 5.93. The van der Waals surface area contributed by atoms with Crippen molar-refractivity contribution in [3.63, 3.8) is 0 Å².